The van der Waals surface area contributed by atoms with Crippen LogP contribution in [0, 0.1) is 0 Å². The highest BCUT2D eigenvalue weighted by Crippen LogP contribution is 2.02. The Morgan fingerprint density at radius 1 is 1.53 bits per heavy atom. The molecular weight excluding hydrogens is 190 g/mol. The molecule has 0 fully saturated rings. The number of likely N-dealkylation sites (N-methyl/N-ethyl adjacent to an activating group) is 1. The first kappa shape index (κ1) is 12.1. The molecule has 1 rings (SSSR count). The number of hydrogen-bond acceptors (Lipinski definition) is 4. The van der Waals surface area contributed by atoms with Gasteiger partial charge in [-0.1, -0.05) is 0 Å². The number of aromatic nitrogens is 3. The van der Waals surface area contributed by atoms with Gasteiger partial charge in [-0.3, -0.25) is 4.68 Å². The van der Waals surface area contributed by atoms with Crippen molar-refractivity contribution in [3.05, 3.63) is 12.2 Å². The molecule has 0 aliphatic rings. The van der Waals surface area contributed by atoms with Crippen molar-refractivity contribution in [2.45, 2.75) is 18.9 Å². The van der Waals surface area contributed by atoms with Gasteiger partial charge in [-0.05, 0) is 34.1 Å². The molecule has 1 N–H and O–H groups in total. The van der Waals surface area contributed by atoms with Gasteiger partial charge in [-0.2, -0.15) is 5.10 Å². The Morgan fingerprint density at radius 2 is 2.27 bits per heavy atom. The van der Waals surface area contributed by atoms with Crippen LogP contribution in [0.15, 0.2) is 6.33 Å². The first-order chi connectivity index (χ1) is 7.13. The van der Waals surface area contributed by atoms with E-state index in [0.29, 0.717) is 6.04 Å². The number of rotatable bonds is 6. The zero-order valence-electron chi connectivity index (χ0n) is 10.1. The van der Waals surface area contributed by atoms with Crippen LogP contribution in [-0.2, 0) is 13.5 Å². The van der Waals surface area contributed by atoms with Gasteiger partial charge in [-0.25, -0.2) is 4.98 Å². The molecule has 5 heteroatoms. The van der Waals surface area contributed by atoms with Gasteiger partial charge < -0.3 is 10.2 Å². The molecule has 0 aliphatic carbocycles. The molecule has 0 bridgehead atoms. The minimum Gasteiger partial charge on any atom is -0.317 e. The summed E-state index contributed by atoms with van der Waals surface area (Å²) < 4.78 is 1.83. The van der Waals surface area contributed by atoms with E-state index in [-0.39, 0.29) is 0 Å². The highest BCUT2D eigenvalue weighted by atomic mass is 15.3. The highest BCUT2D eigenvalue weighted by molar-refractivity contribution is 4.88. The van der Waals surface area contributed by atoms with Crippen LogP contribution in [0.25, 0.3) is 0 Å². The Morgan fingerprint density at radius 3 is 2.73 bits per heavy atom. The van der Waals surface area contributed by atoms with Gasteiger partial charge in [0, 0.05) is 19.5 Å². The van der Waals surface area contributed by atoms with Gasteiger partial charge in [0.25, 0.3) is 0 Å². The molecule has 1 unspecified atom stereocenters. The molecule has 0 amide bonds. The lowest BCUT2D eigenvalue weighted by Gasteiger charge is -2.18. The first-order valence-corrected chi connectivity index (χ1v) is 5.28. The number of nitrogens with zero attached hydrogens (tertiary/aromatic N) is 4. The molecule has 0 aromatic carbocycles. The third-order valence-electron chi connectivity index (χ3n) is 2.57. The van der Waals surface area contributed by atoms with Crippen molar-refractivity contribution in [3.63, 3.8) is 0 Å². The molecule has 1 aromatic rings. The Balaban J connectivity index is 2.43. The van der Waals surface area contributed by atoms with Gasteiger partial charge in [-0.15, -0.1) is 0 Å². The molecule has 1 atom stereocenters. The van der Waals surface area contributed by atoms with Crippen LogP contribution < -0.4 is 5.32 Å². The fourth-order valence-corrected chi connectivity index (χ4v) is 1.49. The van der Waals surface area contributed by atoms with E-state index in [1.165, 1.54) is 0 Å². The quantitative estimate of drug-likeness (QED) is 0.713. The summed E-state index contributed by atoms with van der Waals surface area (Å²) in [5.41, 5.74) is 0. The summed E-state index contributed by atoms with van der Waals surface area (Å²) in [5, 5.41) is 7.38. The van der Waals surface area contributed by atoms with E-state index >= 15 is 0 Å². The van der Waals surface area contributed by atoms with Crippen molar-refractivity contribution in [1.82, 2.24) is 25.0 Å². The third-order valence-corrected chi connectivity index (χ3v) is 2.57. The van der Waals surface area contributed by atoms with Crippen molar-refractivity contribution in [2.75, 3.05) is 27.7 Å². The van der Waals surface area contributed by atoms with Crippen LogP contribution in [-0.4, -0.2) is 53.4 Å². The molecule has 86 valence electrons. The summed E-state index contributed by atoms with van der Waals surface area (Å²) in [6, 6.07) is 0.468. The first-order valence-electron chi connectivity index (χ1n) is 5.28. The van der Waals surface area contributed by atoms with Crippen LogP contribution in [0.3, 0.4) is 0 Å². The maximum absolute atomic E-state index is 4.23. The lowest BCUT2D eigenvalue weighted by molar-refractivity contribution is 0.361. The van der Waals surface area contributed by atoms with E-state index in [4.69, 9.17) is 0 Å². The van der Waals surface area contributed by atoms with E-state index in [2.05, 4.69) is 34.4 Å². The molecule has 0 radical (unpaired) electrons. The highest BCUT2D eigenvalue weighted by Gasteiger charge is 2.10. The van der Waals surface area contributed by atoms with Gasteiger partial charge in [0.2, 0.25) is 0 Å². The van der Waals surface area contributed by atoms with Crippen molar-refractivity contribution < 1.29 is 0 Å². The van der Waals surface area contributed by atoms with Crippen molar-refractivity contribution >= 4 is 0 Å². The number of hydrogen-bond donors (Lipinski definition) is 1. The molecule has 15 heavy (non-hydrogen) atoms. The van der Waals surface area contributed by atoms with Gasteiger partial charge in [0.15, 0.2) is 0 Å². The number of nitrogens with one attached hydrogen (secondary N) is 1. The average Bonchev–Trinajstić information content (AvgIpc) is 2.58. The zero-order chi connectivity index (χ0) is 11.3. The summed E-state index contributed by atoms with van der Waals surface area (Å²) >= 11 is 0. The summed E-state index contributed by atoms with van der Waals surface area (Å²) in [4.78, 5) is 6.42. The van der Waals surface area contributed by atoms with Crippen LogP contribution in [0.1, 0.15) is 12.2 Å². The smallest absolute Gasteiger partial charge is 0.138 e. The fraction of sp³-hybridized carbons (Fsp3) is 0.800. The standard InChI is InChI=1S/C10H21N5/c1-11-9(5-6-14(2)3)7-10-12-8-13-15(10)4/h8-9,11H,5-7H2,1-4H3. The van der Waals surface area contributed by atoms with E-state index in [1.807, 2.05) is 18.8 Å². The SMILES string of the molecule is CNC(CCN(C)C)Cc1ncnn1C. The Bertz CT molecular complexity index is 281. The van der Waals surface area contributed by atoms with Crippen molar-refractivity contribution in [3.8, 4) is 0 Å². The average molecular weight is 211 g/mol. The molecule has 0 aliphatic heterocycles. The largest absolute Gasteiger partial charge is 0.317 e. The van der Waals surface area contributed by atoms with Crippen molar-refractivity contribution in [1.29, 1.82) is 0 Å². The minimum absolute atomic E-state index is 0.468. The molecule has 0 spiro atoms. The predicted molar refractivity (Wildman–Crippen MR) is 60.7 cm³/mol. The second-order valence-electron chi connectivity index (χ2n) is 4.08. The van der Waals surface area contributed by atoms with E-state index < -0.39 is 0 Å². The fourth-order valence-electron chi connectivity index (χ4n) is 1.49. The predicted octanol–water partition coefficient (Wildman–Crippen LogP) is -0.103. The number of aryl methyl sites for hydroxylation is 1. The molecule has 0 saturated heterocycles. The lowest BCUT2D eigenvalue weighted by Crippen LogP contribution is -2.32. The topological polar surface area (TPSA) is 46.0 Å². The molecule has 1 aromatic heterocycles. The summed E-state index contributed by atoms with van der Waals surface area (Å²) in [6.45, 7) is 1.09. The van der Waals surface area contributed by atoms with Gasteiger partial charge in [0.05, 0.1) is 0 Å². The Labute approximate surface area is 91.5 Å². The maximum Gasteiger partial charge on any atom is 0.138 e. The molecular formula is C10H21N5. The summed E-state index contributed by atoms with van der Waals surface area (Å²) in [6.07, 6.45) is 3.66. The van der Waals surface area contributed by atoms with E-state index in [1.54, 1.807) is 6.33 Å². The third kappa shape index (κ3) is 3.97. The molecule has 0 saturated carbocycles. The molecule has 5 nitrogen and oxygen atoms in total. The molecule has 1 heterocycles. The Kier molecular flexibility index (Phi) is 4.71. The van der Waals surface area contributed by atoms with Crippen LogP contribution >= 0.6 is 0 Å². The summed E-state index contributed by atoms with van der Waals surface area (Å²) in [5.74, 6) is 1.04. The van der Waals surface area contributed by atoms with E-state index in [0.717, 1.165) is 25.2 Å². The monoisotopic (exact) mass is 211 g/mol. The van der Waals surface area contributed by atoms with Crippen molar-refractivity contribution in [2.24, 2.45) is 7.05 Å². The summed E-state index contributed by atoms with van der Waals surface area (Å²) in [7, 11) is 8.11. The zero-order valence-corrected chi connectivity index (χ0v) is 10.1. The van der Waals surface area contributed by atoms with Crippen LogP contribution in [0.5, 0.6) is 0 Å². The second-order valence-corrected chi connectivity index (χ2v) is 4.08. The minimum atomic E-state index is 0.468. The lowest BCUT2D eigenvalue weighted by atomic mass is 10.1. The van der Waals surface area contributed by atoms with Crippen LogP contribution in [0.2, 0.25) is 0 Å². The van der Waals surface area contributed by atoms with Gasteiger partial charge in [0.1, 0.15) is 12.2 Å². The van der Waals surface area contributed by atoms with Crippen LogP contribution in [0.4, 0.5) is 0 Å². The second kappa shape index (κ2) is 5.82. The maximum atomic E-state index is 4.23. The normalized spacial score (nSPS) is 13.4. The van der Waals surface area contributed by atoms with E-state index in [9.17, 15) is 0 Å². The van der Waals surface area contributed by atoms with Gasteiger partial charge >= 0.3 is 0 Å². The Hall–Kier alpha value is -0.940.